The summed E-state index contributed by atoms with van der Waals surface area (Å²) in [7, 11) is 0. The van der Waals surface area contributed by atoms with Crippen molar-refractivity contribution in [2.75, 3.05) is 26.2 Å². The summed E-state index contributed by atoms with van der Waals surface area (Å²) in [4.78, 5) is 28.4. The maximum absolute atomic E-state index is 12.2. The Balaban J connectivity index is 1.86. The fraction of sp³-hybridized carbons (Fsp3) is 0.625. The zero-order valence-electron chi connectivity index (χ0n) is 13.8. The van der Waals surface area contributed by atoms with E-state index in [4.69, 9.17) is 4.42 Å². The standard InChI is InChI=1S/C16H25N3O3/c1-12(14(20)17-16(2,3)4)18-6-8-19(9-7-18)15(21)13-5-10-22-11-13/h5,10-12H,6-9H2,1-4H3,(H,17,20)/t12-/m0/s1. The van der Waals surface area contributed by atoms with Gasteiger partial charge in [-0.2, -0.15) is 0 Å². The van der Waals surface area contributed by atoms with Crippen molar-refractivity contribution in [2.24, 2.45) is 0 Å². The van der Waals surface area contributed by atoms with Crippen molar-refractivity contribution in [3.8, 4) is 0 Å². The summed E-state index contributed by atoms with van der Waals surface area (Å²) in [6.07, 6.45) is 2.97. The van der Waals surface area contributed by atoms with Gasteiger partial charge >= 0.3 is 0 Å². The van der Waals surface area contributed by atoms with Gasteiger partial charge in [-0.3, -0.25) is 14.5 Å². The summed E-state index contributed by atoms with van der Waals surface area (Å²) in [5.41, 5.74) is 0.344. The number of carbonyl (C=O) groups excluding carboxylic acids is 2. The first kappa shape index (κ1) is 16.5. The number of nitrogens with one attached hydrogen (secondary N) is 1. The molecule has 0 unspecified atom stereocenters. The normalized spacial score (nSPS) is 18.1. The average Bonchev–Trinajstić information content (AvgIpc) is 2.98. The number of carbonyl (C=O) groups is 2. The molecule has 0 aliphatic carbocycles. The maximum atomic E-state index is 12.2. The van der Waals surface area contributed by atoms with Crippen molar-refractivity contribution >= 4 is 11.8 Å². The monoisotopic (exact) mass is 307 g/mol. The van der Waals surface area contributed by atoms with E-state index in [9.17, 15) is 9.59 Å². The van der Waals surface area contributed by atoms with Gasteiger partial charge in [0.05, 0.1) is 17.9 Å². The molecule has 2 amide bonds. The maximum Gasteiger partial charge on any atom is 0.257 e. The number of amides is 2. The van der Waals surface area contributed by atoms with Crippen molar-refractivity contribution < 1.29 is 14.0 Å². The molecule has 1 saturated heterocycles. The van der Waals surface area contributed by atoms with Crippen LogP contribution < -0.4 is 5.32 Å². The van der Waals surface area contributed by atoms with Crippen LogP contribution in [0.5, 0.6) is 0 Å². The molecule has 0 radical (unpaired) electrons. The lowest BCUT2D eigenvalue weighted by atomic mass is 10.1. The van der Waals surface area contributed by atoms with Gasteiger partial charge < -0.3 is 14.6 Å². The summed E-state index contributed by atoms with van der Waals surface area (Å²) in [6, 6.07) is 1.49. The Morgan fingerprint density at radius 3 is 2.36 bits per heavy atom. The number of rotatable bonds is 3. The summed E-state index contributed by atoms with van der Waals surface area (Å²) in [6.45, 7) is 10.5. The first-order chi connectivity index (χ1) is 10.3. The van der Waals surface area contributed by atoms with Gasteiger partial charge in [0, 0.05) is 31.7 Å². The zero-order chi connectivity index (χ0) is 16.3. The number of furan rings is 1. The molecule has 0 bridgehead atoms. The van der Waals surface area contributed by atoms with E-state index >= 15 is 0 Å². The van der Waals surface area contributed by atoms with E-state index in [1.807, 2.05) is 27.7 Å². The van der Waals surface area contributed by atoms with E-state index in [1.54, 1.807) is 11.0 Å². The number of hydrogen-bond acceptors (Lipinski definition) is 4. The van der Waals surface area contributed by atoms with E-state index in [-0.39, 0.29) is 23.4 Å². The number of nitrogens with zero attached hydrogens (tertiary/aromatic N) is 2. The third kappa shape index (κ3) is 4.10. The van der Waals surface area contributed by atoms with E-state index in [0.717, 1.165) is 0 Å². The first-order valence-corrected chi connectivity index (χ1v) is 7.65. The molecule has 1 aliphatic heterocycles. The van der Waals surface area contributed by atoms with Crippen LogP contribution in [0.15, 0.2) is 23.0 Å². The highest BCUT2D eigenvalue weighted by Gasteiger charge is 2.29. The molecule has 1 aliphatic rings. The van der Waals surface area contributed by atoms with Gasteiger partial charge in [0.2, 0.25) is 5.91 Å². The molecule has 1 aromatic heterocycles. The van der Waals surface area contributed by atoms with E-state index in [1.165, 1.54) is 12.5 Å². The van der Waals surface area contributed by atoms with Crippen LogP contribution in [0.2, 0.25) is 0 Å². The molecule has 2 heterocycles. The Morgan fingerprint density at radius 1 is 1.23 bits per heavy atom. The molecule has 22 heavy (non-hydrogen) atoms. The lowest BCUT2D eigenvalue weighted by molar-refractivity contribution is -0.127. The van der Waals surface area contributed by atoms with Crippen LogP contribution in [0.1, 0.15) is 38.1 Å². The van der Waals surface area contributed by atoms with Gasteiger partial charge in [0.25, 0.3) is 5.91 Å². The highest BCUT2D eigenvalue weighted by atomic mass is 16.3. The molecule has 1 N–H and O–H groups in total. The van der Waals surface area contributed by atoms with Crippen LogP contribution in [-0.2, 0) is 4.79 Å². The molecule has 1 aromatic rings. The topological polar surface area (TPSA) is 65.8 Å². The number of hydrogen-bond donors (Lipinski definition) is 1. The molecule has 122 valence electrons. The molecular weight excluding hydrogens is 282 g/mol. The highest BCUT2D eigenvalue weighted by Crippen LogP contribution is 2.12. The number of piperazine rings is 1. The Hall–Kier alpha value is -1.82. The SMILES string of the molecule is C[C@@H](C(=O)NC(C)(C)C)N1CCN(C(=O)c2ccoc2)CC1. The van der Waals surface area contributed by atoms with E-state index in [0.29, 0.717) is 31.7 Å². The van der Waals surface area contributed by atoms with Crippen molar-refractivity contribution in [3.05, 3.63) is 24.2 Å². The quantitative estimate of drug-likeness (QED) is 0.915. The fourth-order valence-electron chi connectivity index (χ4n) is 2.52. The van der Waals surface area contributed by atoms with Crippen LogP contribution in [0.4, 0.5) is 0 Å². The summed E-state index contributed by atoms with van der Waals surface area (Å²) in [5, 5.41) is 3.00. The van der Waals surface area contributed by atoms with Crippen molar-refractivity contribution in [3.63, 3.8) is 0 Å². The second-order valence-corrected chi connectivity index (χ2v) is 6.76. The predicted molar refractivity (Wildman–Crippen MR) is 83.5 cm³/mol. The molecule has 1 fully saturated rings. The molecule has 1 atom stereocenters. The predicted octanol–water partition coefficient (Wildman–Crippen LogP) is 1.34. The Bertz CT molecular complexity index is 511. The van der Waals surface area contributed by atoms with Crippen molar-refractivity contribution in [1.29, 1.82) is 0 Å². The van der Waals surface area contributed by atoms with Crippen LogP contribution in [0.3, 0.4) is 0 Å². The van der Waals surface area contributed by atoms with Crippen LogP contribution in [-0.4, -0.2) is 59.4 Å². The van der Waals surface area contributed by atoms with Crippen LogP contribution in [0.25, 0.3) is 0 Å². The first-order valence-electron chi connectivity index (χ1n) is 7.65. The van der Waals surface area contributed by atoms with Gasteiger partial charge in [-0.05, 0) is 33.8 Å². The molecule has 0 saturated carbocycles. The summed E-state index contributed by atoms with van der Waals surface area (Å²) < 4.78 is 4.95. The van der Waals surface area contributed by atoms with Gasteiger partial charge in [-0.15, -0.1) is 0 Å². The largest absolute Gasteiger partial charge is 0.472 e. The lowest BCUT2D eigenvalue weighted by Crippen LogP contribution is -2.56. The van der Waals surface area contributed by atoms with Crippen LogP contribution in [0, 0.1) is 0 Å². The smallest absolute Gasteiger partial charge is 0.257 e. The molecular formula is C16H25N3O3. The molecule has 6 nitrogen and oxygen atoms in total. The second kappa shape index (κ2) is 6.52. The third-order valence-corrected chi connectivity index (χ3v) is 3.79. The highest BCUT2D eigenvalue weighted by molar-refractivity contribution is 5.93. The van der Waals surface area contributed by atoms with E-state index in [2.05, 4.69) is 10.2 Å². The van der Waals surface area contributed by atoms with Gasteiger partial charge in [0.15, 0.2) is 0 Å². The molecule has 0 spiro atoms. The summed E-state index contributed by atoms with van der Waals surface area (Å²) >= 11 is 0. The second-order valence-electron chi connectivity index (χ2n) is 6.76. The minimum Gasteiger partial charge on any atom is -0.472 e. The Kier molecular flexibility index (Phi) is 4.90. The molecule has 6 heteroatoms. The third-order valence-electron chi connectivity index (χ3n) is 3.79. The molecule has 2 rings (SSSR count). The Morgan fingerprint density at radius 2 is 1.86 bits per heavy atom. The Labute approximate surface area is 131 Å². The zero-order valence-corrected chi connectivity index (χ0v) is 13.8. The summed E-state index contributed by atoms with van der Waals surface area (Å²) in [5.74, 6) is 0.0160. The molecule has 0 aromatic carbocycles. The fourth-order valence-corrected chi connectivity index (χ4v) is 2.52. The van der Waals surface area contributed by atoms with Gasteiger partial charge in [0.1, 0.15) is 6.26 Å². The average molecular weight is 307 g/mol. The minimum atomic E-state index is -0.232. The lowest BCUT2D eigenvalue weighted by Gasteiger charge is -2.38. The van der Waals surface area contributed by atoms with E-state index < -0.39 is 0 Å². The minimum absolute atomic E-state index is 0.0137. The van der Waals surface area contributed by atoms with Crippen molar-refractivity contribution in [2.45, 2.75) is 39.3 Å². The van der Waals surface area contributed by atoms with Crippen LogP contribution >= 0.6 is 0 Å². The van der Waals surface area contributed by atoms with Crippen molar-refractivity contribution in [1.82, 2.24) is 15.1 Å². The van der Waals surface area contributed by atoms with Gasteiger partial charge in [-0.25, -0.2) is 0 Å². The van der Waals surface area contributed by atoms with Gasteiger partial charge in [-0.1, -0.05) is 0 Å².